The molecule has 0 saturated carbocycles. The van der Waals surface area contributed by atoms with Crippen LogP contribution in [0.2, 0.25) is 5.02 Å². The molecule has 0 aliphatic carbocycles. The second-order valence-corrected chi connectivity index (χ2v) is 4.35. The molecule has 2 aromatic carbocycles. The minimum Gasteiger partial charge on any atom is -0.367 e. The van der Waals surface area contributed by atoms with E-state index in [1.807, 2.05) is 24.3 Å². The van der Waals surface area contributed by atoms with E-state index in [0.29, 0.717) is 0 Å². The standard InChI is InChI=1S/C15H16ClN/c1-2-17(14-9-4-3-5-10-14)12-13-8-6-7-11-15(13)16/h3-11H,2,12H2,1H3. The molecule has 17 heavy (non-hydrogen) atoms. The summed E-state index contributed by atoms with van der Waals surface area (Å²) < 4.78 is 0. The number of nitrogens with zero attached hydrogens (tertiary/aromatic N) is 1. The molecule has 0 amide bonds. The van der Waals surface area contributed by atoms with E-state index in [4.69, 9.17) is 11.6 Å². The van der Waals surface area contributed by atoms with E-state index in [2.05, 4.69) is 42.2 Å². The Morgan fingerprint density at radius 1 is 0.941 bits per heavy atom. The summed E-state index contributed by atoms with van der Waals surface area (Å²) in [6.07, 6.45) is 0. The first kappa shape index (κ1) is 12.0. The van der Waals surface area contributed by atoms with Crippen molar-refractivity contribution in [2.24, 2.45) is 0 Å². The predicted octanol–water partition coefficient (Wildman–Crippen LogP) is 4.37. The molecule has 2 rings (SSSR count). The molecule has 0 N–H and O–H groups in total. The molecule has 0 atom stereocenters. The first-order valence-electron chi connectivity index (χ1n) is 5.84. The Morgan fingerprint density at radius 3 is 2.24 bits per heavy atom. The van der Waals surface area contributed by atoms with Crippen molar-refractivity contribution in [2.75, 3.05) is 11.4 Å². The third-order valence-electron chi connectivity index (χ3n) is 2.82. The molecule has 2 aromatic rings. The fourth-order valence-corrected chi connectivity index (χ4v) is 2.05. The van der Waals surface area contributed by atoms with Crippen LogP contribution in [0.15, 0.2) is 54.6 Å². The first-order chi connectivity index (χ1) is 8.31. The van der Waals surface area contributed by atoms with Crippen LogP contribution in [0.25, 0.3) is 0 Å². The van der Waals surface area contributed by atoms with Crippen LogP contribution in [0.4, 0.5) is 5.69 Å². The fourth-order valence-electron chi connectivity index (χ4n) is 1.86. The summed E-state index contributed by atoms with van der Waals surface area (Å²) in [5, 5.41) is 0.835. The van der Waals surface area contributed by atoms with Gasteiger partial charge in [-0.3, -0.25) is 0 Å². The Balaban J connectivity index is 2.19. The minimum absolute atomic E-state index is 0.835. The van der Waals surface area contributed by atoms with Crippen molar-refractivity contribution in [2.45, 2.75) is 13.5 Å². The Kier molecular flexibility index (Phi) is 4.05. The molecule has 88 valence electrons. The zero-order valence-corrected chi connectivity index (χ0v) is 10.7. The average Bonchev–Trinajstić information content (AvgIpc) is 2.39. The van der Waals surface area contributed by atoms with Gasteiger partial charge in [0.15, 0.2) is 0 Å². The van der Waals surface area contributed by atoms with Crippen LogP contribution in [-0.4, -0.2) is 6.54 Å². The number of benzene rings is 2. The van der Waals surface area contributed by atoms with Gasteiger partial charge in [0.2, 0.25) is 0 Å². The number of anilines is 1. The second kappa shape index (κ2) is 5.74. The summed E-state index contributed by atoms with van der Waals surface area (Å²) in [5.74, 6) is 0. The molecular weight excluding hydrogens is 230 g/mol. The highest BCUT2D eigenvalue weighted by Crippen LogP contribution is 2.21. The predicted molar refractivity (Wildman–Crippen MR) is 74.6 cm³/mol. The van der Waals surface area contributed by atoms with Gasteiger partial charge in [0.1, 0.15) is 0 Å². The van der Waals surface area contributed by atoms with Gasteiger partial charge in [-0.25, -0.2) is 0 Å². The number of para-hydroxylation sites is 1. The van der Waals surface area contributed by atoms with Gasteiger partial charge in [0, 0.05) is 23.8 Å². The van der Waals surface area contributed by atoms with E-state index >= 15 is 0 Å². The van der Waals surface area contributed by atoms with Gasteiger partial charge in [-0.15, -0.1) is 0 Å². The van der Waals surface area contributed by atoms with Gasteiger partial charge < -0.3 is 4.90 Å². The van der Waals surface area contributed by atoms with Crippen molar-refractivity contribution in [3.8, 4) is 0 Å². The Morgan fingerprint density at radius 2 is 1.59 bits per heavy atom. The van der Waals surface area contributed by atoms with Crippen molar-refractivity contribution in [3.05, 3.63) is 65.2 Å². The molecule has 0 saturated heterocycles. The SMILES string of the molecule is CCN(Cc1ccccc1Cl)c1ccccc1. The maximum Gasteiger partial charge on any atom is 0.0455 e. The molecule has 0 heterocycles. The van der Waals surface area contributed by atoms with Crippen LogP contribution in [0.5, 0.6) is 0 Å². The highest BCUT2D eigenvalue weighted by molar-refractivity contribution is 6.31. The molecule has 0 bridgehead atoms. The molecule has 1 nitrogen and oxygen atoms in total. The van der Waals surface area contributed by atoms with Gasteiger partial charge in [0.25, 0.3) is 0 Å². The molecule has 0 spiro atoms. The van der Waals surface area contributed by atoms with Gasteiger partial charge in [0.05, 0.1) is 0 Å². The summed E-state index contributed by atoms with van der Waals surface area (Å²) in [4.78, 5) is 2.31. The van der Waals surface area contributed by atoms with Gasteiger partial charge in [-0.05, 0) is 30.7 Å². The van der Waals surface area contributed by atoms with E-state index in [-0.39, 0.29) is 0 Å². The zero-order valence-electron chi connectivity index (χ0n) is 9.94. The minimum atomic E-state index is 0.835. The second-order valence-electron chi connectivity index (χ2n) is 3.94. The summed E-state index contributed by atoms with van der Waals surface area (Å²) in [6, 6.07) is 18.4. The van der Waals surface area contributed by atoms with Crippen molar-refractivity contribution < 1.29 is 0 Å². The monoisotopic (exact) mass is 245 g/mol. The topological polar surface area (TPSA) is 3.24 Å². The molecule has 0 aliphatic rings. The molecule has 0 radical (unpaired) electrons. The van der Waals surface area contributed by atoms with Crippen LogP contribution in [0.1, 0.15) is 12.5 Å². The molecule has 2 heteroatoms. The summed E-state index contributed by atoms with van der Waals surface area (Å²) in [6.45, 7) is 3.97. The maximum atomic E-state index is 6.19. The van der Waals surface area contributed by atoms with Gasteiger partial charge in [-0.2, -0.15) is 0 Å². The van der Waals surface area contributed by atoms with Crippen LogP contribution in [0.3, 0.4) is 0 Å². The Bertz CT molecular complexity index is 467. The van der Waals surface area contributed by atoms with Crippen LogP contribution in [0, 0.1) is 0 Å². The normalized spacial score (nSPS) is 10.2. The smallest absolute Gasteiger partial charge is 0.0455 e. The third-order valence-corrected chi connectivity index (χ3v) is 3.19. The van der Waals surface area contributed by atoms with E-state index in [1.54, 1.807) is 0 Å². The maximum absolute atomic E-state index is 6.19. The molecule has 0 fully saturated rings. The lowest BCUT2D eigenvalue weighted by atomic mass is 10.2. The Labute approximate surface area is 108 Å². The van der Waals surface area contributed by atoms with E-state index < -0.39 is 0 Å². The number of hydrogen-bond acceptors (Lipinski definition) is 1. The van der Waals surface area contributed by atoms with Gasteiger partial charge in [-0.1, -0.05) is 48.0 Å². The zero-order chi connectivity index (χ0) is 12.1. The van der Waals surface area contributed by atoms with Crippen molar-refractivity contribution in [3.63, 3.8) is 0 Å². The molecule has 0 unspecified atom stereocenters. The van der Waals surface area contributed by atoms with E-state index in [0.717, 1.165) is 18.1 Å². The van der Waals surface area contributed by atoms with Crippen molar-refractivity contribution in [1.29, 1.82) is 0 Å². The largest absolute Gasteiger partial charge is 0.367 e. The van der Waals surface area contributed by atoms with Crippen molar-refractivity contribution >= 4 is 17.3 Å². The number of rotatable bonds is 4. The van der Waals surface area contributed by atoms with Crippen molar-refractivity contribution in [1.82, 2.24) is 0 Å². The van der Waals surface area contributed by atoms with E-state index in [1.165, 1.54) is 11.3 Å². The first-order valence-corrected chi connectivity index (χ1v) is 6.22. The highest BCUT2D eigenvalue weighted by atomic mass is 35.5. The molecule has 0 aliphatic heterocycles. The lowest BCUT2D eigenvalue weighted by molar-refractivity contribution is 0.832. The molecular formula is C15H16ClN. The molecule has 0 aromatic heterocycles. The lowest BCUT2D eigenvalue weighted by Gasteiger charge is -2.23. The van der Waals surface area contributed by atoms with Crippen LogP contribution >= 0.6 is 11.6 Å². The summed E-state index contributed by atoms with van der Waals surface area (Å²) in [7, 11) is 0. The quantitative estimate of drug-likeness (QED) is 0.773. The van der Waals surface area contributed by atoms with Crippen LogP contribution in [-0.2, 0) is 6.54 Å². The average molecular weight is 246 g/mol. The number of hydrogen-bond donors (Lipinski definition) is 0. The fraction of sp³-hybridized carbons (Fsp3) is 0.200. The van der Waals surface area contributed by atoms with E-state index in [9.17, 15) is 0 Å². The van der Waals surface area contributed by atoms with Gasteiger partial charge >= 0.3 is 0 Å². The number of halogens is 1. The third kappa shape index (κ3) is 3.01. The lowest BCUT2D eigenvalue weighted by Crippen LogP contribution is -2.21. The van der Waals surface area contributed by atoms with Crippen LogP contribution < -0.4 is 4.90 Å². The Hall–Kier alpha value is -1.47. The highest BCUT2D eigenvalue weighted by Gasteiger charge is 2.06. The summed E-state index contributed by atoms with van der Waals surface area (Å²) in [5.41, 5.74) is 2.40. The summed E-state index contributed by atoms with van der Waals surface area (Å²) >= 11 is 6.19.